The molecular weight excluding hydrogens is 176 g/mol. The third-order valence-electron chi connectivity index (χ3n) is 2.94. The van der Waals surface area contributed by atoms with E-state index in [4.69, 9.17) is 10.2 Å². The van der Waals surface area contributed by atoms with Gasteiger partial charge in [-0.3, -0.25) is 4.90 Å². The van der Waals surface area contributed by atoms with Crippen LogP contribution in [0.3, 0.4) is 0 Å². The highest BCUT2D eigenvalue weighted by Gasteiger charge is 2.23. The van der Waals surface area contributed by atoms with Crippen LogP contribution in [-0.4, -0.2) is 24.0 Å². The van der Waals surface area contributed by atoms with Crippen molar-refractivity contribution in [2.24, 2.45) is 5.73 Å². The summed E-state index contributed by atoms with van der Waals surface area (Å²) in [6.45, 7) is 2.92. The quantitative estimate of drug-likeness (QED) is 0.791. The number of rotatable bonds is 4. The molecule has 2 rings (SSSR count). The first-order chi connectivity index (χ1) is 6.90. The van der Waals surface area contributed by atoms with Crippen molar-refractivity contribution in [3.8, 4) is 0 Å². The van der Waals surface area contributed by atoms with Crippen molar-refractivity contribution in [2.75, 3.05) is 13.1 Å². The zero-order chi connectivity index (χ0) is 9.80. The second-order valence-corrected chi connectivity index (χ2v) is 3.92. The SMILES string of the molecule is NCCC1CCCN1Cc1ccco1. The summed E-state index contributed by atoms with van der Waals surface area (Å²) in [6, 6.07) is 4.66. The topological polar surface area (TPSA) is 42.4 Å². The Morgan fingerprint density at radius 3 is 3.21 bits per heavy atom. The van der Waals surface area contributed by atoms with Crippen LogP contribution < -0.4 is 5.73 Å². The molecule has 0 aromatic carbocycles. The molecule has 2 N–H and O–H groups in total. The molecule has 0 bridgehead atoms. The van der Waals surface area contributed by atoms with Gasteiger partial charge in [0.05, 0.1) is 12.8 Å². The molecule has 1 aliphatic heterocycles. The van der Waals surface area contributed by atoms with Crippen molar-refractivity contribution in [3.05, 3.63) is 24.2 Å². The molecule has 1 atom stereocenters. The van der Waals surface area contributed by atoms with Crippen LogP contribution in [0.2, 0.25) is 0 Å². The summed E-state index contributed by atoms with van der Waals surface area (Å²) in [5, 5.41) is 0. The van der Waals surface area contributed by atoms with Crippen LogP contribution in [0, 0.1) is 0 Å². The van der Waals surface area contributed by atoms with E-state index in [9.17, 15) is 0 Å². The van der Waals surface area contributed by atoms with Gasteiger partial charge < -0.3 is 10.2 Å². The minimum atomic E-state index is 0.671. The first-order valence-electron chi connectivity index (χ1n) is 5.36. The third kappa shape index (κ3) is 2.16. The summed E-state index contributed by atoms with van der Waals surface area (Å²) in [6.07, 6.45) is 5.44. The lowest BCUT2D eigenvalue weighted by Crippen LogP contribution is -2.30. The number of furan rings is 1. The monoisotopic (exact) mass is 194 g/mol. The fraction of sp³-hybridized carbons (Fsp3) is 0.636. The van der Waals surface area contributed by atoms with E-state index in [0.29, 0.717) is 6.04 Å². The maximum absolute atomic E-state index is 5.59. The minimum absolute atomic E-state index is 0.671. The smallest absolute Gasteiger partial charge is 0.117 e. The predicted octanol–water partition coefficient (Wildman–Crippen LogP) is 1.59. The molecule has 3 nitrogen and oxygen atoms in total. The second-order valence-electron chi connectivity index (χ2n) is 3.92. The Bertz CT molecular complexity index is 258. The molecule has 1 aliphatic rings. The van der Waals surface area contributed by atoms with E-state index in [1.807, 2.05) is 12.1 Å². The molecule has 2 heterocycles. The van der Waals surface area contributed by atoms with Crippen LogP contribution in [0.15, 0.2) is 22.8 Å². The number of hydrogen-bond acceptors (Lipinski definition) is 3. The van der Waals surface area contributed by atoms with Crippen LogP contribution in [0.5, 0.6) is 0 Å². The molecule has 78 valence electrons. The van der Waals surface area contributed by atoms with E-state index < -0.39 is 0 Å². The van der Waals surface area contributed by atoms with Crippen LogP contribution >= 0.6 is 0 Å². The summed E-state index contributed by atoms with van der Waals surface area (Å²) in [4.78, 5) is 2.48. The molecule has 14 heavy (non-hydrogen) atoms. The highest BCUT2D eigenvalue weighted by Crippen LogP contribution is 2.21. The molecule has 0 aliphatic carbocycles. The van der Waals surface area contributed by atoms with Crippen LogP contribution in [-0.2, 0) is 6.54 Å². The predicted molar refractivity (Wildman–Crippen MR) is 55.8 cm³/mol. The average Bonchev–Trinajstić information content (AvgIpc) is 2.80. The fourth-order valence-electron chi connectivity index (χ4n) is 2.23. The Kier molecular flexibility index (Phi) is 3.22. The Balaban J connectivity index is 1.90. The maximum atomic E-state index is 5.59. The zero-order valence-corrected chi connectivity index (χ0v) is 8.48. The molecule has 1 fully saturated rings. The van der Waals surface area contributed by atoms with Gasteiger partial charge in [-0.25, -0.2) is 0 Å². The van der Waals surface area contributed by atoms with Crippen molar-refractivity contribution >= 4 is 0 Å². The van der Waals surface area contributed by atoms with Crippen molar-refractivity contribution in [2.45, 2.75) is 31.8 Å². The molecule has 0 radical (unpaired) electrons. The van der Waals surface area contributed by atoms with E-state index in [1.165, 1.54) is 19.4 Å². The van der Waals surface area contributed by atoms with Crippen molar-refractivity contribution in [3.63, 3.8) is 0 Å². The van der Waals surface area contributed by atoms with E-state index in [0.717, 1.165) is 25.3 Å². The molecule has 3 heteroatoms. The van der Waals surface area contributed by atoms with Gasteiger partial charge in [0.2, 0.25) is 0 Å². The van der Waals surface area contributed by atoms with Crippen LogP contribution in [0.4, 0.5) is 0 Å². The average molecular weight is 194 g/mol. The lowest BCUT2D eigenvalue weighted by molar-refractivity contribution is 0.218. The highest BCUT2D eigenvalue weighted by molar-refractivity contribution is 4.99. The third-order valence-corrected chi connectivity index (χ3v) is 2.94. The Hall–Kier alpha value is -0.800. The number of nitrogens with two attached hydrogens (primary N) is 1. The standard InChI is InChI=1S/C11H18N2O/c12-6-5-10-3-1-7-13(10)9-11-4-2-8-14-11/h2,4,8,10H,1,3,5-7,9,12H2. The minimum Gasteiger partial charge on any atom is -0.468 e. The molecule has 0 amide bonds. The first-order valence-corrected chi connectivity index (χ1v) is 5.36. The lowest BCUT2D eigenvalue weighted by atomic mass is 10.1. The van der Waals surface area contributed by atoms with Gasteiger partial charge in [-0.2, -0.15) is 0 Å². The molecule has 1 aromatic heterocycles. The van der Waals surface area contributed by atoms with Crippen LogP contribution in [0.1, 0.15) is 25.0 Å². The van der Waals surface area contributed by atoms with Gasteiger partial charge in [0.15, 0.2) is 0 Å². The van der Waals surface area contributed by atoms with Gasteiger partial charge in [0, 0.05) is 6.04 Å². The summed E-state index contributed by atoms with van der Waals surface area (Å²) < 4.78 is 5.35. The van der Waals surface area contributed by atoms with Gasteiger partial charge in [-0.15, -0.1) is 0 Å². The van der Waals surface area contributed by atoms with Crippen molar-refractivity contribution < 1.29 is 4.42 Å². The van der Waals surface area contributed by atoms with Gasteiger partial charge in [-0.05, 0) is 44.5 Å². The van der Waals surface area contributed by atoms with E-state index >= 15 is 0 Å². The molecule has 1 aromatic rings. The number of nitrogens with zero attached hydrogens (tertiary/aromatic N) is 1. The first kappa shape index (κ1) is 9.74. The second kappa shape index (κ2) is 4.62. The molecule has 0 spiro atoms. The van der Waals surface area contributed by atoms with E-state index in [-0.39, 0.29) is 0 Å². The molecular formula is C11H18N2O. The van der Waals surface area contributed by atoms with Gasteiger partial charge in [0.1, 0.15) is 5.76 Å². The largest absolute Gasteiger partial charge is 0.468 e. The summed E-state index contributed by atoms with van der Waals surface area (Å²) in [7, 11) is 0. The Morgan fingerprint density at radius 2 is 2.50 bits per heavy atom. The fourth-order valence-corrected chi connectivity index (χ4v) is 2.23. The Labute approximate surface area is 84.9 Å². The summed E-state index contributed by atoms with van der Waals surface area (Å²) in [5.74, 6) is 1.06. The molecule has 1 saturated heterocycles. The Morgan fingerprint density at radius 1 is 1.57 bits per heavy atom. The zero-order valence-electron chi connectivity index (χ0n) is 8.48. The molecule has 1 unspecified atom stereocenters. The van der Waals surface area contributed by atoms with Gasteiger partial charge >= 0.3 is 0 Å². The van der Waals surface area contributed by atoms with Gasteiger partial charge in [0.25, 0.3) is 0 Å². The summed E-state index contributed by atoms with van der Waals surface area (Å²) in [5.41, 5.74) is 5.59. The summed E-state index contributed by atoms with van der Waals surface area (Å²) >= 11 is 0. The lowest BCUT2D eigenvalue weighted by Gasteiger charge is -2.22. The van der Waals surface area contributed by atoms with E-state index in [2.05, 4.69) is 4.90 Å². The van der Waals surface area contributed by atoms with Crippen molar-refractivity contribution in [1.82, 2.24) is 4.90 Å². The van der Waals surface area contributed by atoms with Crippen LogP contribution in [0.25, 0.3) is 0 Å². The van der Waals surface area contributed by atoms with Crippen molar-refractivity contribution in [1.29, 1.82) is 0 Å². The van der Waals surface area contributed by atoms with E-state index in [1.54, 1.807) is 6.26 Å². The molecule has 0 saturated carbocycles. The maximum Gasteiger partial charge on any atom is 0.117 e. The highest BCUT2D eigenvalue weighted by atomic mass is 16.3. The number of likely N-dealkylation sites (tertiary alicyclic amines) is 1. The number of hydrogen-bond donors (Lipinski definition) is 1. The normalized spacial score (nSPS) is 23.1. The van der Waals surface area contributed by atoms with Gasteiger partial charge in [-0.1, -0.05) is 0 Å².